The maximum Gasteiger partial charge on any atom is 0.136 e. The molecular weight excluding hydrogens is 424 g/mol. The highest BCUT2D eigenvalue weighted by Crippen LogP contribution is 2.49. The minimum Gasteiger partial charge on any atom is -0.295 e. The molecule has 1 aliphatic carbocycles. The Morgan fingerprint density at radius 2 is 1.26 bits per heavy atom. The fourth-order valence-electron chi connectivity index (χ4n) is 5.17. The molecule has 0 radical (unpaired) electrons. The number of hydrogen-bond acceptors (Lipinski definition) is 2. The van der Waals surface area contributed by atoms with Gasteiger partial charge >= 0.3 is 0 Å². The molecule has 0 aromatic heterocycles. The number of anilines is 2. The van der Waals surface area contributed by atoms with Crippen LogP contribution in [0.2, 0.25) is 0 Å². The van der Waals surface area contributed by atoms with E-state index in [0.29, 0.717) is 0 Å². The molecule has 0 saturated heterocycles. The van der Waals surface area contributed by atoms with Crippen molar-refractivity contribution in [2.75, 3.05) is 4.90 Å². The molecule has 2 heteroatoms. The molecule has 166 valence electrons. The van der Waals surface area contributed by atoms with E-state index in [1.54, 1.807) is 6.08 Å². The molecule has 0 amide bonds. The third kappa shape index (κ3) is 3.39. The summed E-state index contributed by atoms with van der Waals surface area (Å²) in [4.78, 5) is 6.41. The summed E-state index contributed by atoms with van der Waals surface area (Å²) in [5.74, 6) is 0.721. The van der Waals surface area contributed by atoms with Gasteiger partial charge in [-0.1, -0.05) is 97.6 Å². The zero-order chi connectivity index (χ0) is 23.8. The van der Waals surface area contributed by atoms with Crippen LogP contribution in [-0.2, 0) is 0 Å². The van der Waals surface area contributed by atoms with Gasteiger partial charge in [-0.25, -0.2) is 4.99 Å². The highest BCUT2D eigenvalue weighted by Gasteiger charge is 2.22. The van der Waals surface area contributed by atoms with Crippen molar-refractivity contribution in [2.45, 2.75) is 0 Å². The first-order valence-electron chi connectivity index (χ1n) is 11.7. The lowest BCUT2D eigenvalue weighted by Gasteiger charge is -2.25. The quantitative estimate of drug-likeness (QED) is 0.183. The standard InChI is InChI=1S/C33H24N2/c1-3-11-32(34-2)35(24-13-5-4-6-14-24)25-15-9-12-23(22-25)26-20-21-31-28-17-8-7-16-27(28)30-19-10-18-29(26)33(30)31/h3-22H,1-2H2/b32-11+. The Kier molecular flexibility index (Phi) is 5.12. The summed E-state index contributed by atoms with van der Waals surface area (Å²) in [5, 5.41) is 2.60. The number of para-hydroxylation sites is 1. The van der Waals surface area contributed by atoms with Crippen molar-refractivity contribution in [3.8, 4) is 33.4 Å². The molecule has 0 atom stereocenters. The van der Waals surface area contributed by atoms with E-state index >= 15 is 0 Å². The first-order chi connectivity index (χ1) is 17.3. The van der Waals surface area contributed by atoms with Gasteiger partial charge in [-0.2, -0.15) is 0 Å². The molecule has 0 aliphatic heterocycles. The lowest BCUT2D eigenvalue weighted by molar-refractivity contribution is 1.13. The first kappa shape index (κ1) is 20.9. The number of rotatable bonds is 6. The molecule has 1 aliphatic rings. The van der Waals surface area contributed by atoms with Crippen LogP contribution in [0.3, 0.4) is 0 Å². The maximum atomic E-state index is 4.30. The van der Waals surface area contributed by atoms with Gasteiger partial charge in [-0.15, -0.1) is 0 Å². The van der Waals surface area contributed by atoms with Gasteiger partial charge in [0, 0.05) is 11.4 Å². The van der Waals surface area contributed by atoms with E-state index in [2.05, 4.69) is 114 Å². The van der Waals surface area contributed by atoms with E-state index in [1.807, 2.05) is 24.3 Å². The fourth-order valence-corrected chi connectivity index (χ4v) is 5.17. The van der Waals surface area contributed by atoms with Crippen LogP contribution < -0.4 is 4.90 Å². The Bertz CT molecular complexity index is 1600. The largest absolute Gasteiger partial charge is 0.295 e. The van der Waals surface area contributed by atoms with Crippen LogP contribution in [0.1, 0.15) is 0 Å². The number of allylic oxidation sites excluding steroid dienone is 2. The van der Waals surface area contributed by atoms with Crippen LogP contribution in [0.4, 0.5) is 11.4 Å². The molecule has 0 heterocycles. The van der Waals surface area contributed by atoms with Crippen molar-refractivity contribution in [3.63, 3.8) is 0 Å². The molecule has 6 rings (SSSR count). The molecule has 2 nitrogen and oxygen atoms in total. The Labute approximate surface area is 205 Å². The van der Waals surface area contributed by atoms with Gasteiger partial charge in [-0.05, 0) is 81.2 Å². The zero-order valence-electron chi connectivity index (χ0n) is 19.4. The number of benzene rings is 5. The fraction of sp³-hybridized carbons (Fsp3) is 0. The summed E-state index contributed by atoms with van der Waals surface area (Å²) in [6.45, 7) is 7.68. The minimum absolute atomic E-state index is 0.721. The zero-order valence-corrected chi connectivity index (χ0v) is 19.4. The number of nitrogens with zero attached hydrogens (tertiary/aromatic N) is 2. The molecule has 0 fully saturated rings. The smallest absolute Gasteiger partial charge is 0.136 e. The maximum absolute atomic E-state index is 4.30. The summed E-state index contributed by atoms with van der Waals surface area (Å²) in [5.41, 5.74) is 9.64. The van der Waals surface area contributed by atoms with Gasteiger partial charge in [0.2, 0.25) is 0 Å². The summed E-state index contributed by atoms with van der Waals surface area (Å²) in [7, 11) is 0. The summed E-state index contributed by atoms with van der Waals surface area (Å²) in [6.07, 6.45) is 3.62. The van der Waals surface area contributed by atoms with E-state index in [0.717, 1.165) is 22.8 Å². The Morgan fingerprint density at radius 1 is 0.629 bits per heavy atom. The Balaban J connectivity index is 1.54. The lowest BCUT2D eigenvalue weighted by Crippen LogP contribution is -2.15. The molecule has 0 unspecified atom stereocenters. The second kappa shape index (κ2) is 8.58. The van der Waals surface area contributed by atoms with Crippen molar-refractivity contribution in [1.29, 1.82) is 0 Å². The monoisotopic (exact) mass is 448 g/mol. The molecule has 0 N–H and O–H groups in total. The number of fused-ring (bicyclic) bond motifs is 3. The van der Waals surface area contributed by atoms with E-state index < -0.39 is 0 Å². The summed E-state index contributed by atoms with van der Waals surface area (Å²) < 4.78 is 0. The van der Waals surface area contributed by atoms with Crippen LogP contribution in [0.15, 0.2) is 139 Å². The SMILES string of the molecule is C=C/C=C(\N=C)N(c1ccccc1)c1cccc(-c2ccc3c4c(cccc24)-c2ccccc2-3)c1. The molecule has 5 aromatic rings. The van der Waals surface area contributed by atoms with E-state index in [-0.39, 0.29) is 0 Å². The summed E-state index contributed by atoms with van der Waals surface area (Å²) >= 11 is 0. The third-order valence-electron chi connectivity index (χ3n) is 6.64. The van der Waals surface area contributed by atoms with Gasteiger partial charge in [0.25, 0.3) is 0 Å². The summed E-state index contributed by atoms with van der Waals surface area (Å²) in [6, 6.07) is 38.7. The topological polar surface area (TPSA) is 15.6 Å². The molecule has 35 heavy (non-hydrogen) atoms. The normalized spacial score (nSPS) is 11.8. The van der Waals surface area contributed by atoms with Crippen LogP contribution in [0.5, 0.6) is 0 Å². The average molecular weight is 449 g/mol. The predicted molar refractivity (Wildman–Crippen MR) is 150 cm³/mol. The van der Waals surface area contributed by atoms with E-state index in [4.69, 9.17) is 0 Å². The molecule has 0 saturated carbocycles. The van der Waals surface area contributed by atoms with Gasteiger partial charge in [0.15, 0.2) is 0 Å². The van der Waals surface area contributed by atoms with Gasteiger partial charge in [0.1, 0.15) is 5.82 Å². The number of hydrogen-bond donors (Lipinski definition) is 0. The van der Waals surface area contributed by atoms with Crippen LogP contribution >= 0.6 is 0 Å². The molecule has 5 aromatic carbocycles. The average Bonchev–Trinajstić information content (AvgIpc) is 3.25. The van der Waals surface area contributed by atoms with Crippen LogP contribution in [-0.4, -0.2) is 6.72 Å². The van der Waals surface area contributed by atoms with Crippen molar-refractivity contribution >= 4 is 28.9 Å². The van der Waals surface area contributed by atoms with Crippen LogP contribution in [0, 0.1) is 0 Å². The Morgan fingerprint density at radius 3 is 2.00 bits per heavy atom. The molecular formula is C33H24N2. The first-order valence-corrected chi connectivity index (χ1v) is 11.7. The predicted octanol–water partition coefficient (Wildman–Crippen LogP) is 9.02. The highest BCUT2D eigenvalue weighted by molar-refractivity contribution is 6.18. The van der Waals surface area contributed by atoms with Crippen molar-refractivity contribution < 1.29 is 0 Å². The number of aliphatic imine (C=N–C) groups is 1. The van der Waals surface area contributed by atoms with Crippen molar-refractivity contribution in [3.05, 3.63) is 134 Å². The van der Waals surface area contributed by atoms with Crippen molar-refractivity contribution in [2.24, 2.45) is 4.99 Å². The minimum atomic E-state index is 0.721. The van der Waals surface area contributed by atoms with Crippen molar-refractivity contribution in [1.82, 2.24) is 0 Å². The van der Waals surface area contributed by atoms with E-state index in [9.17, 15) is 0 Å². The second-order valence-electron chi connectivity index (χ2n) is 8.57. The van der Waals surface area contributed by atoms with Gasteiger partial charge < -0.3 is 0 Å². The molecule has 0 bridgehead atoms. The lowest BCUT2D eigenvalue weighted by atomic mass is 9.94. The second-order valence-corrected chi connectivity index (χ2v) is 8.57. The van der Waals surface area contributed by atoms with E-state index in [1.165, 1.54) is 38.6 Å². The van der Waals surface area contributed by atoms with Crippen LogP contribution in [0.25, 0.3) is 44.2 Å². The van der Waals surface area contributed by atoms with Gasteiger partial charge in [-0.3, -0.25) is 4.90 Å². The van der Waals surface area contributed by atoms with Gasteiger partial charge in [0.05, 0.1) is 0 Å². The third-order valence-corrected chi connectivity index (χ3v) is 6.64. The Hall–Kier alpha value is -4.69. The molecule has 0 spiro atoms. The highest BCUT2D eigenvalue weighted by atomic mass is 15.2.